The van der Waals surface area contributed by atoms with Crippen LogP contribution >= 0.6 is 12.6 Å². The number of thiol groups is 1. The smallest absolute Gasteiger partial charge is 0.0724 e. The average molecular weight is 186 g/mol. The molecule has 0 bridgehead atoms. The summed E-state index contributed by atoms with van der Waals surface area (Å²) in [4.78, 5) is 0. The number of rotatable bonds is 1. The zero-order valence-electron chi connectivity index (χ0n) is 7.88. The molecule has 1 nitrogen and oxygen atoms in total. The molecule has 0 aliphatic heterocycles. The molecule has 0 amide bonds. The summed E-state index contributed by atoms with van der Waals surface area (Å²) in [6.07, 6.45) is 2.64. The van der Waals surface area contributed by atoms with Crippen molar-refractivity contribution in [3.8, 4) is 0 Å². The van der Waals surface area contributed by atoms with Crippen LogP contribution in [0.1, 0.15) is 33.1 Å². The normalized spacial score (nSPS) is 42.7. The molecular formula is C10H18OS. The highest BCUT2D eigenvalue weighted by atomic mass is 32.1. The highest BCUT2D eigenvalue weighted by Crippen LogP contribution is 2.41. The summed E-state index contributed by atoms with van der Waals surface area (Å²) in [6, 6.07) is 0. The van der Waals surface area contributed by atoms with Gasteiger partial charge in [-0.1, -0.05) is 19.1 Å². The standard InChI is InChI=1S/C10H18OS/c1-7(2)10(12)5-4-8(3)6-9(10)11/h8-9,11-12H,1,4-6H2,2-3H3/t8-,9-,10-/m0/s1. The Morgan fingerprint density at radius 1 is 1.67 bits per heavy atom. The maximum Gasteiger partial charge on any atom is 0.0724 e. The van der Waals surface area contributed by atoms with Crippen LogP contribution in [0.15, 0.2) is 12.2 Å². The predicted octanol–water partition coefficient (Wildman–Crippen LogP) is 2.41. The van der Waals surface area contributed by atoms with Crippen LogP contribution in [-0.4, -0.2) is 16.0 Å². The van der Waals surface area contributed by atoms with E-state index < -0.39 is 0 Å². The third-order valence-corrected chi connectivity index (χ3v) is 3.84. The number of aliphatic hydroxyl groups excluding tert-OH is 1. The molecule has 70 valence electrons. The maximum atomic E-state index is 9.83. The van der Waals surface area contributed by atoms with Crippen molar-refractivity contribution >= 4 is 12.6 Å². The Morgan fingerprint density at radius 2 is 2.25 bits per heavy atom. The molecule has 2 heteroatoms. The van der Waals surface area contributed by atoms with Gasteiger partial charge in [0.2, 0.25) is 0 Å². The minimum atomic E-state index is -0.327. The van der Waals surface area contributed by atoms with Crippen LogP contribution in [0.25, 0.3) is 0 Å². The second kappa shape index (κ2) is 3.43. The first-order valence-corrected chi connectivity index (χ1v) is 4.98. The van der Waals surface area contributed by atoms with E-state index in [4.69, 9.17) is 0 Å². The largest absolute Gasteiger partial charge is 0.391 e. The summed E-state index contributed by atoms with van der Waals surface area (Å²) in [7, 11) is 0. The lowest BCUT2D eigenvalue weighted by Gasteiger charge is -2.40. The van der Waals surface area contributed by atoms with Crippen LogP contribution in [-0.2, 0) is 0 Å². The predicted molar refractivity (Wildman–Crippen MR) is 55.6 cm³/mol. The first-order valence-electron chi connectivity index (χ1n) is 4.53. The molecule has 1 fully saturated rings. The van der Waals surface area contributed by atoms with Gasteiger partial charge in [-0.2, -0.15) is 12.6 Å². The van der Waals surface area contributed by atoms with Crippen LogP contribution in [0.3, 0.4) is 0 Å². The van der Waals surface area contributed by atoms with Gasteiger partial charge in [0, 0.05) is 0 Å². The van der Waals surface area contributed by atoms with Crippen molar-refractivity contribution in [2.24, 2.45) is 5.92 Å². The van der Waals surface area contributed by atoms with Crippen molar-refractivity contribution in [3.05, 3.63) is 12.2 Å². The van der Waals surface area contributed by atoms with E-state index >= 15 is 0 Å². The van der Waals surface area contributed by atoms with Gasteiger partial charge < -0.3 is 5.11 Å². The Bertz CT molecular complexity index is 190. The molecule has 0 aromatic rings. The van der Waals surface area contributed by atoms with E-state index in [0.717, 1.165) is 24.8 Å². The molecule has 1 saturated carbocycles. The van der Waals surface area contributed by atoms with Crippen LogP contribution in [0.4, 0.5) is 0 Å². The van der Waals surface area contributed by atoms with E-state index in [0.29, 0.717) is 5.92 Å². The lowest BCUT2D eigenvalue weighted by Crippen LogP contribution is -2.42. The first-order chi connectivity index (χ1) is 5.47. The topological polar surface area (TPSA) is 20.2 Å². The Kier molecular flexibility index (Phi) is 2.89. The summed E-state index contributed by atoms with van der Waals surface area (Å²) < 4.78 is -0.327. The van der Waals surface area contributed by atoms with Gasteiger partial charge in [-0.05, 0) is 32.1 Å². The molecular weight excluding hydrogens is 168 g/mol. The van der Waals surface area contributed by atoms with Gasteiger partial charge in [-0.15, -0.1) is 0 Å². The Balaban J connectivity index is 2.72. The lowest BCUT2D eigenvalue weighted by molar-refractivity contribution is 0.0835. The summed E-state index contributed by atoms with van der Waals surface area (Å²) in [5.74, 6) is 0.625. The molecule has 12 heavy (non-hydrogen) atoms. The summed E-state index contributed by atoms with van der Waals surface area (Å²) in [6.45, 7) is 8.02. The van der Waals surface area contributed by atoms with E-state index in [1.807, 2.05) is 6.92 Å². The third-order valence-electron chi connectivity index (χ3n) is 2.93. The van der Waals surface area contributed by atoms with Crippen LogP contribution in [0.5, 0.6) is 0 Å². The van der Waals surface area contributed by atoms with E-state index in [-0.39, 0.29) is 10.9 Å². The molecule has 0 spiro atoms. The molecule has 1 N–H and O–H groups in total. The van der Waals surface area contributed by atoms with Crippen molar-refractivity contribution in [3.63, 3.8) is 0 Å². The molecule has 1 aliphatic rings. The van der Waals surface area contributed by atoms with Crippen molar-refractivity contribution in [2.75, 3.05) is 0 Å². The molecule has 0 heterocycles. The number of hydrogen-bond donors (Lipinski definition) is 2. The fraction of sp³-hybridized carbons (Fsp3) is 0.800. The molecule has 0 unspecified atom stereocenters. The van der Waals surface area contributed by atoms with Crippen molar-refractivity contribution in [1.82, 2.24) is 0 Å². The number of hydrogen-bond acceptors (Lipinski definition) is 2. The molecule has 0 aromatic carbocycles. The van der Waals surface area contributed by atoms with Crippen molar-refractivity contribution in [2.45, 2.75) is 44.0 Å². The minimum Gasteiger partial charge on any atom is -0.391 e. The fourth-order valence-corrected chi connectivity index (χ4v) is 2.06. The Labute approximate surface area is 80.3 Å². The SMILES string of the molecule is C=C(C)[C@@]1(S)CC[C@H](C)C[C@@H]1O. The average Bonchev–Trinajstić information content (AvgIpc) is 1.97. The summed E-state index contributed by atoms with van der Waals surface area (Å²) in [5.41, 5.74) is 0.991. The molecule has 3 atom stereocenters. The van der Waals surface area contributed by atoms with Gasteiger partial charge in [0.15, 0.2) is 0 Å². The Morgan fingerprint density at radius 3 is 2.67 bits per heavy atom. The van der Waals surface area contributed by atoms with Gasteiger partial charge in [-0.3, -0.25) is 0 Å². The molecule has 1 aliphatic carbocycles. The molecule has 0 saturated heterocycles. The molecule has 0 radical (unpaired) electrons. The monoisotopic (exact) mass is 186 g/mol. The van der Waals surface area contributed by atoms with Gasteiger partial charge >= 0.3 is 0 Å². The Hall–Kier alpha value is 0.0500. The van der Waals surface area contributed by atoms with E-state index in [9.17, 15) is 5.11 Å². The fourth-order valence-electron chi connectivity index (χ4n) is 1.82. The zero-order chi connectivity index (χ0) is 9.35. The number of aliphatic hydroxyl groups is 1. The quantitative estimate of drug-likeness (QED) is 0.476. The zero-order valence-corrected chi connectivity index (χ0v) is 8.77. The van der Waals surface area contributed by atoms with Gasteiger partial charge in [0.25, 0.3) is 0 Å². The summed E-state index contributed by atoms with van der Waals surface area (Å²) in [5, 5.41) is 9.83. The summed E-state index contributed by atoms with van der Waals surface area (Å²) >= 11 is 4.53. The third kappa shape index (κ3) is 1.69. The second-order valence-corrected chi connectivity index (χ2v) is 4.90. The second-order valence-electron chi connectivity index (χ2n) is 4.10. The van der Waals surface area contributed by atoms with E-state index in [1.165, 1.54) is 0 Å². The van der Waals surface area contributed by atoms with Crippen molar-refractivity contribution < 1.29 is 5.11 Å². The van der Waals surface area contributed by atoms with Crippen LogP contribution < -0.4 is 0 Å². The molecule has 0 aromatic heterocycles. The lowest BCUT2D eigenvalue weighted by atomic mass is 9.77. The highest BCUT2D eigenvalue weighted by Gasteiger charge is 2.39. The van der Waals surface area contributed by atoms with Crippen LogP contribution in [0.2, 0.25) is 0 Å². The minimum absolute atomic E-state index is 0.318. The van der Waals surface area contributed by atoms with E-state index in [2.05, 4.69) is 26.1 Å². The van der Waals surface area contributed by atoms with Crippen molar-refractivity contribution in [1.29, 1.82) is 0 Å². The maximum absolute atomic E-state index is 9.83. The first kappa shape index (κ1) is 10.1. The van der Waals surface area contributed by atoms with Gasteiger partial charge in [0.1, 0.15) is 0 Å². The van der Waals surface area contributed by atoms with Crippen LogP contribution in [0, 0.1) is 5.92 Å². The highest BCUT2D eigenvalue weighted by molar-refractivity contribution is 7.82. The van der Waals surface area contributed by atoms with Gasteiger partial charge in [0.05, 0.1) is 10.9 Å². The van der Waals surface area contributed by atoms with Gasteiger partial charge in [-0.25, -0.2) is 0 Å². The molecule has 1 rings (SSSR count). The van der Waals surface area contributed by atoms with E-state index in [1.54, 1.807) is 0 Å².